The van der Waals surface area contributed by atoms with E-state index in [-0.39, 0.29) is 0 Å². The molecule has 0 aliphatic heterocycles. The standard InChI is InChI=1S/C17H21ClN4S/c1-11-21-14(10-23-11)6-7-20-17(19-2)22-16-9-15(16)12-4-3-5-13(18)8-12/h3-5,8,10,15-16H,6-7,9H2,1-2H3,(H2,19,20,22). The number of aliphatic imine (C=N–C) groups is 1. The largest absolute Gasteiger partial charge is 0.356 e. The van der Waals surface area contributed by atoms with Crippen molar-refractivity contribution >= 4 is 28.9 Å². The van der Waals surface area contributed by atoms with Crippen LogP contribution in [0.2, 0.25) is 5.02 Å². The minimum atomic E-state index is 0.432. The molecule has 23 heavy (non-hydrogen) atoms. The Hall–Kier alpha value is -1.59. The van der Waals surface area contributed by atoms with Crippen molar-refractivity contribution in [1.82, 2.24) is 15.6 Å². The third kappa shape index (κ3) is 4.45. The van der Waals surface area contributed by atoms with Crippen molar-refractivity contribution in [3.8, 4) is 0 Å². The Morgan fingerprint density at radius 2 is 2.35 bits per heavy atom. The minimum Gasteiger partial charge on any atom is -0.356 e. The van der Waals surface area contributed by atoms with Crippen molar-refractivity contribution in [2.75, 3.05) is 13.6 Å². The van der Waals surface area contributed by atoms with Gasteiger partial charge in [-0.3, -0.25) is 4.99 Å². The number of aryl methyl sites for hydroxylation is 1. The molecule has 1 fully saturated rings. The van der Waals surface area contributed by atoms with Gasteiger partial charge in [0, 0.05) is 42.4 Å². The van der Waals surface area contributed by atoms with E-state index in [0.717, 1.165) is 41.1 Å². The van der Waals surface area contributed by atoms with Gasteiger partial charge in [0.25, 0.3) is 0 Å². The normalized spacial score (nSPS) is 20.4. The average molecular weight is 349 g/mol. The fraction of sp³-hybridized carbons (Fsp3) is 0.412. The third-order valence-electron chi connectivity index (χ3n) is 3.95. The van der Waals surface area contributed by atoms with Gasteiger partial charge in [0.15, 0.2) is 5.96 Å². The molecule has 4 nitrogen and oxygen atoms in total. The van der Waals surface area contributed by atoms with Crippen LogP contribution in [0.3, 0.4) is 0 Å². The van der Waals surface area contributed by atoms with Gasteiger partial charge in [-0.15, -0.1) is 11.3 Å². The van der Waals surface area contributed by atoms with E-state index in [9.17, 15) is 0 Å². The van der Waals surface area contributed by atoms with Gasteiger partial charge in [-0.05, 0) is 31.0 Å². The maximum Gasteiger partial charge on any atom is 0.191 e. The number of hydrogen-bond donors (Lipinski definition) is 2. The maximum absolute atomic E-state index is 6.06. The van der Waals surface area contributed by atoms with E-state index in [1.54, 1.807) is 18.4 Å². The first kappa shape index (κ1) is 16.3. The number of thiazole rings is 1. The van der Waals surface area contributed by atoms with Gasteiger partial charge in [-0.2, -0.15) is 0 Å². The average Bonchev–Trinajstić information content (AvgIpc) is 3.19. The van der Waals surface area contributed by atoms with Crippen molar-refractivity contribution in [3.63, 3.8) is 0 Å². The molecule has 2 unspecified atom stereocenters. The number of rotatable bonds is 5. The van der Waals surface area contributed by atoms with Crippen molar-refractivity contribution in [3.05, 3.63) is 50.9 Å². The van der Waals surface area contributed by atoms with Crippen LogP contribution in [0.4, 0.5) is 0 Å². The second-order valence-corrected chi connectivity index (χ2v) is 7.25. The Morgan fingerprint density at radius 1 is 1.48 bits per heavy atom. The fourth-order valence-corrected chi connectivity index (χ4v) is 3.51. The van der Waals surface area contributed by atoms with Gasteiger partial charge in [0.1, 0.15) is 0 Å². The van der Waals surface area contributed by atoms with Crippen LogP contribution in [0.5, 0.6) is 0 Å². The van der Waals surface area contributed by atoms with Crippen molar-refractivity contribution in [1.29, 1.82) is 0 Å². The van der Waals surface area contributed by atoms with Gasteiger partial charge >= 0.3 is 0 Å². The highest BCUT2D eigenvalue weighted by Crippen LogP contribution is 2.41. The highest BCUT2D eigenvalue weighted by atomic mass is 35.5. The molecule has 2 N–H and O–H groups in total. The molecule has 3 rings (SSSR count). The van der Waals surface area contributed by atoms with E-state index >= 15 is 0 Å². The lowest BCUT2D eigenvalue weighted by Crippen LogP contribution is -2.39. The second-order valence-electron chi connectivity index (χ2n) is 5.75. The number of aromatic nitrogens is 1. The van der Waals surface area contributed by atoms with E-state index < -0.39 is 0 Å². The molecule has 0 radical (unpaired) electrons. The van der Waals surface area contributed by atoms with Gasteiger partial charge in [-0.25, -0.2) is 4.98 Å². The predicted molar refractivity (Wildman–Crippen MR) is 97.7 cm³/mol. The van der Waals surface area contributed by atoms with Crippen LogP contribution in [0.1, 0.15) is 28.6 Å². The van der Waals surface area contributed by atoms with Crippen LogP contribution >= 0.6 is 22.9 Å². The summed E-state index contributed by atoms with van der Waals surface area (Å²) in [6.07, 6.45) is 2.03. The quantitative estimate of drug-likeness (QED) is 0.643. The van der Waals surface area contributed by atoms with Crippen LogP contribution in [-0.4, -0.2) is 30.6 Å². The first-order valence-corrected chi connectivity index (χ1v) is 9.05. The summed E-state index contributed by atoms with van der Waals surface area (Å²) in [6.45, 7) is 2.86. The topological polar surface area (TPSA) is 49.3 Å². The molecule has 0 amide bonds. The van der Waals surface area contributed by atoms with Gasteiger partial charge in [0.05, 0.1) is 10.7 Å². The zero-order valence-corrected chi connectivity index (χ0v) is 14.9. The number of guanidine groups is 1. The Balaban J connectivity index is 1.45. The first-order valence-electron chi connectivity index (χ1n) is 7.79. The van der Waals surface area contributed by atoms with E-state index in [1.165, 1.54) is 5.56 Å². The lowest BCUT2D eigenvalue weighted by Gasteiger charge is -2.11. The van der Waals surface area contributed by atoms with Crippen molar-refractivity contribution in [2.45, 2.75) is 31.7 Å². The van der Waals surface area contributed by atoms with Gasteiger partial charge in [0.2, 0.25) is 0 Å². The molecule has 0 saturated heterocycles. The molecule has 1 heterocycles. The highest BCUT2D eigenvalue weighted by molar-refractivity contribution is 7.09. The molecule has 6 heteroatoms. The second kappa shape index (κ2) is 7.32. The Labute approximate surface area is 146 Å². The summed E-state index contributed by atoms with van der Waals surface area (Å²) in [6, 6.07) is 8.54. The van der Waals surface area contributed by atoms with E-state index in [2.05, 4.69) is 38.1 Å². The Morgan fingerprint density at radius 3 is 3.04 bits per heavy atom. The van der Waals surface area contributed by atoms with E-state index in [1.807, 2.05) is 19.1 Å². The zero-order valence-electron chi connectivity index (χ0n) is 13.3. The van der Waals surface area contributed by atoms with E-state index in [0.29, 0.717) is 12.0 Å². The Kier molecular flexibility index (Phi) is 5.18. The first-order chi connectivity index (χ1) is 11.2. The van der Waals surface area contributed by atoms with Gasteiger partial charge in [-0.1, -0.05) is 23.7 Å². The van der Waals surface area contributed by atoms with Crippen molar-refractivity contribution in [2.24, 2.45) is 4.99 Å². The summed E-state index contributed by atoms with van der Waals surface area (Å²) in [4.78, 5) is 8.77. The predicted octanol–water partition coefficient (Wildman–Crippen LogP) is 3.37. The SMILES string of the molecule is CN=C(NCCc1csc(C)n1)NC1CC1c1cccc(Cl)c1. The molecule has 122 valence electrons. The maximum atomic E-state index is 6.06. The molecular weight excluding hydrogens is 328 g/mol. The van der Waals surface area contributed by atoms with E-state index in [4.69, 9.17) is 11.6 Å². The highest BCUT2D eigenvalue weighted by Gasteiger charge is 2.39. The molecule has 1 aliphatic carbocycles. The number of benzene rings is 1. The van der Waals surface area contributed by atoms with Gasteiger partial charge < -0.3 is 10.6 Å². The summed E-state index contributed by atoms with van der Waals surface area (Å²) in [7, 11) is 1.80. The minimum absolute atomic E-state index is 0.432. The van der Waals surface area contributed by atoms with Crippen LogP contribution < -0.4 is 10.6 Å². The molecule has 1 aliphatic rings. The molecule has 1 aromatic carbocycles. The lowest BCUT2D eigenvalue weighted by atomic mass is 10.1. The molecule has 0 bridgehead atoms. The number of halogens is 1. The van der Waals surface area contributed by atoms with Crippen LogP contribution in [0.15, 0.2) is 34.6 Å². The molecule has 1 saturated carbocycles. The molecular formula is C17H21ClN4S. The number of hydrogen-bond acceptors (Lipinski definition) is 3. The monoisotopic (exact) mass is 348 g/mol. The molecule has 0 spiro atoms. The number of nitrogens with one attached hydrogen (secondary N) is 2. The third-order valence-corrected chi connectivity index (χ3v) is 5.01. The summed E-state index contributed by atoms with van der Waals surface area (Å²) < 4.78 is 0. The molecule has 2 aromatic rings. The summed E-state index contributed by atoms with van der Waals surface area (Å²) in [5, 5.41) is 10.9. The van der Waals surface area contributed by atoms with Crippen molar-refractivity contribution < 1.29 is 0 Å². The Bertz CT molecular complexity index is 697. The van der Waals surface area contributed by atoms with Crippen LogP contribution in [0.25, 0.3) is 0 Å². The fourth-order valence-electron chi connectivity index (χ4n) is 2.66. The lowest BCUT2D eigenvalue weighted by molar-refractivity contribution is 0.773. The summed E-state index contributed by atoms with van der Waals surface area (Å²) >= 11 is 7.76. The van der Waals surface area contributed by atoms with Crippen LogP contribution in [0, 0.1) is 6.92 Å². The molecule has 2 atom stereocenters. The number of nitrogens with zero attached hydrogens (tertiary/aromatic N) is 2. The van der Waals surface area contributed by atoms with Crippen LogP contribution in [-0.2, 0) is 6.42 Å². The summed E-state index contributed by atoms with van der Waals surface area (Å²) in [5.74, 6) is 1.37. The summed E-state index contributed by atoms with van der Waals surface area (Å²) in [5.41, 5.74) is 2.43. The molecule has 1 aromatic heterocycles. The smallest absolute Gasteiger partial charge is 0.191 e. The zero-order chi connectivity index (χ0) is 16.2.